The molecule has 1 fully saturated rings. The molecule has 0 bridgehead atoms. The number of amides is 2. The average molecular weight is 336 g/mol. The van der Waals surface area contributed by atoms with E-state index in [0.29, 0.717) is 13.0 Å². The topological polar surface area (TPSA) is 49.4 Å². The van der Waals surface area contributed by atoms with Crippen molar-refractivity contribution in [3.8, 4) is 0 Å². The summed E-state index contributed by atoms with van der Waals surface area (Å²) in [5.41, 5.74) is 3.91. The monoisotopic (exact) mass is 336 g/mol. The third-order valence-corrected chi connectivity index (χ3v) is 4.73. The molecule has 0 aliphatic heterocycles. The molecule has 0 heterocycles. The Morgan fingerprint density at radius 3 is 2.44 bits per heavy atom. The predicted molar refractivity (Wildman–Crippen MR) is 101 cm³/mol. The SMILES string of the molecule is CCN(C(=O)C1CC1C(=O)Nc1ccc(C)cc1C)c1ccccc1. The van der Waals surface area contributed by atoms with Gasteiger partial charge in [0, 0.05) is 17.9 Å². The van der Waals surface area contributed by atoms with Crippen molar-refractivity contribution in [1.82, 2.24) is 0 Å². The Kier molecular flexibility index (Phi) is 4.88. The van der Waals surface area contributed by atoms with Gasteiger partial charge in [-0.1, -0.05) is 35.9 Å². The van der Waals surface area contributed by atoms with Gasteiger partial charge in [-0.25, -0.2) is 0 Å². The zero-order valence-corrected chi connectivity index (χ0v) is 15.0. The summed E-state index contributed by atoms with van der Waals surface area (Å²) in [5.74, 6) is -0.472. The molecule has 4 nitrogen and oxygen atoms in total. The zero-order valence-electron chi connectivity index (χ0n) is 15.0. The van der Waals surface area contributed by atoms with Gasteiger partial charge >= 0.3 is 0 Å². The second kappa shape index (κ2) is 7.09. The Balaban J connectivity index is 1.65. The van der Waals surface area contributed by atoms with Crippen LogP contribution in [-0.4, -0.2) is 18.4 Å². The van der Waals surface area contributed by atoms with E-state index in [-0.39, 0.29) is 23.7 Å². The average Bonchev–Trinajstić information content (AvgIpc) is 3.40. The van der Waals surface area contributed by atoms with Crippen LogP contribution in [0, 0.1) is 25.7 Å². The van der Waals surface area contributed by atoms with E-state index in [1.54, 1.807) is 4.90 Å². The molecule has 1 aliphatic rings. The maximum absolute atomic E-state index is 12.8. The summed E-state index contributed by atoms with van der Waals surface area (Å²) in [6.45, 7) is 6.56. The standard InChI is InChI=1S/C21H24N2O2/c1-4-23(16-8-6-5-7-9-16)21(25)18-13-17(18)20(24)22-19-11-10-14(2)12-15(19)3/h5-12,17-18H,4,13H2,1-3H3,(H,22,24). The second-order valence-electron chi connectivity index (χ2n) is 6.67. The molecule has 1 aliphatic carbocycles. The van der Waals surface area contributed by atoms with Gasteiger partial charge in [0.15, 0.2) is 0 Å². The van der Waals surface area contributed by atoms with Gasteiger partial charge in [-0.05, 0) is 51.0 Å². The van der Waals surface area contributed by atoms with Crippen LogP contribution in [0.4, 0.5) is 11.4 Å². The summed E-state index contributed by atoms with van der Waals surface area (Å²) >= 11 is 0. The van der Waals surface area contributed by atoms with Crippen LogP contribution in [0.15, 0.2) is 48.5 Å². The van der Waals surface area contributed by atoms with Crippen molar-refractivity contribution in [3.05, 3.63) is 59.7 Å². The first-order valence-corrected chi connectivity index (χ1v) is 8.75. The molecule has 0 spiro atoms. The summed E-state index contributed by atoms with van der Waals surface area (Å²) in [5, 5.41) is 2.97. The first kappa shape index (κ1) is 17.2. The second-order valence-corrected chi connectivity index (χ2v) is 6.67. The van der Waals surface area contributed by atoms with Gasteiger partial charge in [0.05, 0.1) is 11.8 Å². The van der Waals surface area contributed by atoms with Crippen LogP contribution in [0.3, 0.4) is 0 Å². The molecule has 2 atom stereocenters. The van der Waals surface area contributed by atoms with Crippen LogP contribution in [-0.2, 0) is 9.59 Å². The lowest BCUT2D eigenvalue weighted by Gasteiger charge is -2.21. The zero-order chi connectivity index (χ0) is 18.0. The summed E-state index contributed by atoms with van der Waals surface area (Å²) < 4.78 is 0. The molecule has 25 heavy (non-hydrogen) atoms. The van der Waals surface area contributed by atoms with E-state index < -0.39 is 0 Å². The number of carbonyl (C=O) groups excluding carboxylic acids is 2. The maximum atomic E-state index is 12.8. The third kappa shape index (κ3) is 3.73. The minimum absolute atomic E-state index is 0.0366. The molecular formula is C21H24N2O2. The number of aryl methyl sites for hydroxylation is 2. The Labute approximate surface area is 148 Å². The fourth-order valence-electron chi connectivity index (χ4n) is 3.21. The predicted octanol–water partition coefficient (Wildman–Crippen LogP) is 3.93. The number of nitrogens with one attached hydrogen (secondary N) is 1. The fourth-order valence-corrected chi connectivity index (χ4v) is 3.21. The Morgan fingerprint density at radius 2 is 1.80 bits per heavy atom. The van der Waals surface area contributed by atoms with Crippen LogP contribution in [0.1, 0.15) is 24.5 Å². The summed E-state index contributed by atoms with van der Waals surface area (Å²) in [4.78, 5) is 27.0. The van der Waals surface area contributed by atoms with Crippen LogP contribution >= 0.6 is 0 Å². The quantitative estimate of drug-likeness (QED) is 0.899. The van der Waals surface area contributed by atoms with Crippen LogP contribution in [0.5, 0.6) is 0 Å². The highest BCUT2D eigenvalue weighted by Gasteiger charge is 2.49. The lowest BCUT2D eigenvalue weighted by Crippen LogP contribution is -2.33. The molecule has 2 aromatic rings. The Bertz CT molecular complexity index is 786. The van der Waals surface area contributed by atoms with E-state index in [4.69, 9.17) is 0 Å². The van der Waals surface area contributed by atoms with Gasteiger partial charge in [0.2, 0.25) is 11.8 Å². The number of anilines is 2. The third-order valence-electron chi connectivity index (χ3n) is 4.73. The van der Waals surface area contributed by atoms with Crippen molar-refractivity contribution in [3.63, 3.8) is 0 Å². The fraction of sp³-hybridized carbons (Fsp3) is 0.333. The van der Waals surface area contributed by atoms with E-state index in [9.17, 15) is 9.59 Å². The Morgan fingerprint density at radius 1 is 1.08 bits per heavy atom. The summed E-state index contributed by atoms with van der Waals surface area (Å²) in [6, 6.07) is 15.6. The van der Waals surface area contributed by atoms with Gasteiger partial charge in [0.1, 0.15) is 0 Å². The van der Waals surface area contributed by atoms with E-state index in [1.807, 2.05) is 69.3 Å². The Hall–Kier alpha value is -2.62. The highest BCUT2D eigenvalue weighted by molar-refractivity contribution is 6.04. The molecule has 2 unspecified atom stereocenters. The molecular weight excluding hydrogens is 312 g/mol. The van der Waals surface area contributed by atoms with Crippen molar-refractivity contribution in [2.45, 2.75) is 27.2 Å². The summed E-state index contributed by atoms with van der Waals surface area (Å²) in [7, 11) is 0. The molecule has 130 valence electrons. The lowest BCUT2D eigenvalue weighted by atomic mass is 10.1. The highest BCUT2D eigenvalue weighted by atomic mass is 16.2. The van der Waals surface area contributed by atoms with Crippen molar-refractivity contribution < 1.29 is 9.59 Å². The molecule has 2 aromatic carbocycles. The van der Waals surface area contributed by atoms with Crippen molar-refractivity contribution in [2.75, 3.05) is 16.8 Å². The van der Waals surface area contributed by atoms with E-state index >= 15 is 0 Å². The number of para-hydroxylation sites is 1. The number of nitrogens with zero attached hydrogens (tertiary/aromatic N) is 1. The number of rotatable bonds is 5. The van der Waals surface area contributed by atoms with Gasteiger partial charge in [-0.15, -0.1) is 0 Å². The molecule has 0 saturated heterocycles. The highest BCUT2D eigenvalue weighted by Crippen LogP contribution is 2.41. The number of carbonyl (C=O) groups is 2. The smallest absolute Gasteiger partial charge is 0.230 e. The molecule has 0 radical (unpaired) electrons. The van der Waals surface area contributed by atoms with E-state index in [1.165, 1.54) is 0 Å². The normalized spacial score (nSPS) is 18.5. The van der Waals surface area contributed by atoms with Crippen molar-refractivity contribution >= 4 is 23.2 Å². The number of hydrogen-bond acceptors (Lipinski definition) is 2. The minimum Gasteiger partial charge on any atom is -0.326 e. The first-order valence-electron chi connectivity index (χ1n) is 8.75. The largest absolute Gasteiger partial charge is 0.326 e. The van der Waals surface area contributed by atoms with Crippen LogP contribution in [0.2, 0.25) is 0 Å². The maximum Gasteiger partial charge on any atom is 0.230 e. The van der Waals surface area contributed by atoms with Gasteiger partial charge in [-0.2, -0.15) is 0 Å². The van der Waals surface area contributed by atoms with E-state index in [2.05, 4.69) is 5.32 Å². The number of hydrogen-bond donors (Lipinski definition) is 1. The first-order chi connectivity index (χ1) is 12.0. The van der Waals surface area contributed by atoms with Gasteiger partial charge in [0.25, 0.3) is 0 Å². The van der Waals surface area contributed by atoms with Crippen LogP contribution < -0.4 is 10.2 Å². The summed E-state index contributed by atoms with van der Waals surface area (Å²) in [6.07, 6.45) is 0.624. The molecule has 3 rings (SSSR count). The number of benzene rings is 2. The van der Waals surface area contributed by atoms with Crippen LogP contribution in [0.25, 0.3) is 0 Å². The van der Waals surface area contributed by atoms with Gasteiger partial charge < -0.3 is 10.2 Å². The molecule has 1 N–H and O–H groups in total. The lowest BCUT2D eigenvalue weighted by molar-refractivity contribution is -0.123. The molecule has 1 saturated carbocycles. The minimum atomic E-state index is -0.231. The van der Waals surface area contributed by atoms with Gasteiger partial charge in [-0.3, -0.25) is 9.59 Å². The van der Waals surface area contributed by atoms with Crippen molar-refractivity contribution in [2.24, 2.45) is 11.8 Å². The van der Waals surface area contributed by atoms with E-state index in [0.717, 1.165) is 22.5 Å². The molecule has 0 aromatic heterocycles. The molecule has 4 heteroatoms. The van der Waals surface area contributed by atoms with Crippen molar-refractivity contribution in [1.29, 1.82) is 0 Å². The molecule has 2 amide bonds.